The van der Waals surface area contributed by atoms with Gasteiger partial charge in [0.05, 0.1) is 24.0 Å². The summed E-state index contributed by atoms with van der Waals surface area (Å²) in [6, 6.07) is -0.134. The van der Waals surface area contributed by atoms with Gasteiger partial charge >= 0.3 is 6.18 Å². The summed E-state index contributed by atoms with van der Waals surface area (Å²) in [4.78, 5) is 30.0. The number of hydrogen-bond donors (Lipinski definition) is 0. The molecule has 0 aromatic carbocycles. The van der Waals surface area contributed by atoms with Crippen LogP contribution in [-0.2, 0) is 27.0 Å². The first-order chi connectivity index (χ1) is 16.3. The van der Waals surface area contributed by atoms with Crippen molar-refractivity contribution in [3.63, 3.8) is 0 Å². The quantitative estimate of drug-likeness (QED) is 0.557. The molecule has 1 spiro atoms. The van der Waals surface area contributed by atoms with Gasteiger partial charge in [-0.3, -0.25) is 14.3 Å². The van der Waals surface area contributed by atoms with Crippen LogP contribution in [0.4, 0.5) is 13.2 Å². The summed E-state index contributed by atoms with van der Waals surface area (Å²) in [6.07, 6.45) is -0.844. The number of halogens is 4. The van der Waals surface area contributed by atoms with Crippen molar-refractivity contribution in [2.75, 3.05) is 26.7 Å². The van der Waals surface area contributed by atoms with E-state index in [0.717, 1.165) is 10.4 Å². The first-order valence-corrected chi connectivity index (χ1v) is 12.3. The van der Waals surface area contributed by atoms with Gasteiger partial charge in [-0.05, 0) is 53.0 Å². The molecule has 0 radical (unpaired) electrons. The van der Waals surface area contributed by atoms with E-state index in [1.165, 1.54) is 13.8 Å². The minimum atomic E-state index is -4.56. The Hall–Kier alpha value is -2.23. The van der Waals surface area contributed by atoms with Crippen molar-refractivity contribution in [1.82, 2.24) is 19.6 Å². The highest BCUT2D eigenvalue weighted by Crippen LogP contribution is 2.52. The van der Waals surface area contributed by atoms with E-state index in [9.17, 15) is 22.8 Å². The van der Waals surface area contributed by atoms with Crippen molar-refractivity contribution < 1.29 is 27.5 Å². The van der Waals surface area contributed by atoms with Gasteiger partial charge in [-0.1, -0.05) is 0 Å². The Labute approximate surface area is 208 Å². The summed E-state index contributed by atoms with van der Waals surface area (Å²) >= 11 is 6.49. The summed E-state index contributed by atoms with van der Waals surface area (Å²) in [5.74, 6) is 0.576. The Morgan fingerprint density at radius 1 is 1.26 bits per heavy atom. The zero-order valence-electron chi connectivity index (χ0n) is 20.7. The van der Waals surface area contributed by atoms with Gasteiger partial charge in [-0.25, -0.2) is 0 Å². The number of hydrogen-bond acceptors (Lipinski definition) is 4. The van der Waals surface area contributed by atoms with Gasteiger partial charge < -0.3 is 14.5 Å². The molecule has 1 aromatic heterocycles. The van der Waals surface area contributed by atoms with Crippen LogP contribution >= 0.6 is 11.6 Å². The van der Waals surface area contributed by atoms with Gasteiger partial charge in [0, 0.05) is 36.3 Å². The Kier molecular flexibility index (Phi) is 6.43. The number of methoxy groups -OCH3 is 1. The lowest BCUT2D eigenvalue weighted by Gasteiger charge is -2.51. The fourth-order valence-corrected chi connectivity index (χ4v) is 5.96. The first kappa shape index (κ1) is 25.9. The molecule has 1 aromatic rings. The summed E-state index contributed by atoms with van der Waals surface area (Å²) in [6.45, 7) is 7.94. The van der Waals surface area contributed by atoms with Crippen LogP contribution in [0.2, 0.25) is 0 Å². The fraction of sp³-hybridized carbons (Fsp3) is 0.708. The maximum atomic E-state index is 13.6. The minimum absolute atomic E-state index is 0.0273. The number of alkyl halides is 4. The molecule has 2 fully saturated rings. The third kappa shape index (κ3) is 4.01. The number of ether oxygens (including phenoxy) is 1. The lowest BCUT2D eigenvalue weighted by atomic mass is 9.68. The Morgan fingerprint density at radius 2 is 1.86 bits per heavy atom. The monoisotopic (exact) mass is 516 g/mol. The molecule has 0 N–H and O–H groups in total. The molecule has 3 heterocycles. The lowest BCUT2D eigenvalue weighted by molar-refractivity contribution is -0.146. The molecule has 7 nitrogen and oxygen atoms in total. The zero-order valence-corrected chi connectivity index (χ0v) is 21.5. The van der Waals surface area contributed by atoms with Crippen molar-refractivity contribution >= 4 is 23.4 Å². The molecule has 2 amide bonds. The maximum absolute atomic E-state index is 13.6. The third-order valence-electron chi connectivity index (χ3n) is 8.51. The average molecular weight is 517 g/mol. The van der Waals surface area contributed by atoms with E-state index in [-0.39, 0.29) is 35.3 Å². The number of nitrogens with zero attached hydrogens (tertiary/aromatic N) is 4. The van der Waals surface area contributed by atoms with E-state index in [2.05, 4.69) is 5.10 Å². The molecule has 2 saturated heterocycles. The van der Waals surface area contributed by atoms with Crippen LogP contribution in [0.5, 0.6) is 0 Å². The van der Waals surface area contributed by atoms with Crippen molar-refractivity contribution in [1.29, 1.82) is 0 Å². The van der Waals surface area contributed by atoms with Crippen LogP contribution < -0.4 is 0 Å². The predicted molar refractivity (Wildman–Crippen MR) is 124 cm³/mol. The second kappa shape index (κ2) is 8.71. The summed E-state index contributed by atoms with van der Waals surface area (Å²) in [5.41, 5.74) is -1.59. The highest BCUT2D eigenvalue weighted by atomic mass is 35.5. The molecule has 2 aliphatic heterocycles. The van der Waals surface area contributed by atoms with Crippen LogP contribution in [0.1, 0.15) is 50.1 Å². The molecular formula is C24H32ClF3N4O3. The number of carbonyl (C=O) groups is 2. The molecule has 1 unspecified atom stereocenters. The largest absolute Gasteiger partial charge is 0.501 e. The number of likely N-dealkylation sites (tertiary alicyclic amines) is 2. The fourth-order valence-electron chi connectivity index (χ4n) is 5.73. The van der Waals surface area contributed by atoms with Gasteiger partial charge in [-0.15, -0.1) is 11.6 Å². The minimum Gasteiger partial charge on any atom is -0.501 e. The number of amides is 2. The number of aromatic nitrogens is 2. The number of carbonyl (C=O) groups excluding carboxylic acids is 2. The van der Waals surface area contributed by atoms with Crippen LogP contribution in [0.3, 0.4) is 0 Å². The smallest absolute Gasteiger partial charge is 0.435 e. The van der Waals surface area contributed by atoms with Crippen molar-refractivity contribution in [2.45, 2.75) is 71.1 Å². The van der Waals surface area contributed by atoms with Crippen LogP contribution in [0.15, 0.2) is 11.8 Å². The standard InChI is InChI=1S/C24H32ClF3N4O3/c1-14-15(2)32(29-20(14)24(26,27)28)13-19(33)30-9-6-23(7-10-30)8-11-31(21(23)34)17-12-18(35-5)22(17,4)16(3)25/h12,16-17H,6-11,13H2,1-5H3/t16-,17?,22-/m0/s1. The highest BCUT2D eigenvalue weighted by molar-refractivity contribution is 6.21. The second-order valence-corrected chi connectivity index (χ2v) is 10.9. The normalized spacial score (nSPS) is 27.2. The van der Waals surface area contributed by atoms with Crippen LogP contribution in [-0.4, -0.2) is 69.6 Å². The van der Waals surface area contributed by atoms with Gasteiger partial charge in [-0.2, -0.15) is 18.3 Å². The Bertz CT molecular complexity index is 1060. The van der Waals surface area contributed by atoms with Crippen LogP contribution in [0.25, 0.3) is 0 Å². The molecule has 35 heavy (non-hydrogen) atoms. The van der Waals surface area contributed by atoms with Gasteiger partial charge in [0.15, 0.2) is 5.69 Å². The molecule has 0 saturated carbocycles. The van der Waals surface area contributed by atoms with E-state index in [1.807, 2.05) is 24.8 Å². The molecule has 194 valence electrons. The van der Waals surface area contributed by atoms with Gasteiger partial charge in [0.25, 0.3) is 0 Å². The summed E-state index contributed by atoms with van der Waals surface area (Å²) in [5, 5.41) is 3.42. The molecule has 11 heteroatoms. The highest BCUT2D eigenvalue weighted by Gasteiger charge is 2.58. The average Bonchev–Trinajstić information content (AvgIpc) is 3.24. The number of piperidine rings is 1. The van der Waals surface area contributed by atoms with Crippen molar-refractivity contribution in [3.8, 4) is 0 Å². The lowest BCUT2D eigenvalue weighted by Crippen LogP contribution is -2.58. The van der Waals surface area contributed by atoms with Crippen molar-refractivity contribution in [3.05, 3.63) is 28.8 Å². The molecule has 0 bridgehead atoms. The predicted octanol–water partition coefficient (Wildman–Crippen LogP) is 3.91. The second-order valence-electron chi connectivity index (χ2n) is 10.2. The molecular weight excluding hydrogens is 485 g/mol. The first-order valence-electron chi connectivity index (χ1n) is 11.9. The summed E-state index contributed by atoms with van der Waals surface area (Å²) in [7, 11) is 1.61. The maximum Gasteiger partial charge on any atom is 0.435 e. The van der Waals surface area contributed by atoms with E-state index >= 15 is 0 Å². The number of rotatable bonds is 5. The Balaban J connectivity index is 1.41. The van der Waals surface area contributed by atoms with Gasteiger partial charge in [0.1, 0.15) is 12.3 Å². The third-order valence-corrected chi connectivity index (χ3v) is 8.97. The molecule has 1 aliphatic carbocycles. The Morgan fingerprint density at radius 3 is 2.37 bits per heavy atom. The van der Waals surface area contributed by atoms with Crippen LogP contribution in [0, 0.1) is 24.7 Å². The van der Waals surface area contributed by atoms with E-state index in [1.54, 1.807) is 12.0 Å². The SMILES string of the molecule is COC1=CC(N2CCC3(CCN(C(=O)Cn4nc(C(F)(F)F)c(C)c4C)CC3)C2=O)[C@]1(C)[C@H](C)Cl. The van der Waals surface area contributed by atoms with Gasteiger partial charge in [0.2, 0.25) is 11.8 Å². The molecule has 4 rings (SSSR count). The van der Waals surface area contributed by atoms with E-state index in [0.29, 0.717) is 44.6 Å². The molecule has 3 atom stereocenters. The van der Waals surface area contributed by atoms with Crippen molar-refractivity contribution in [2.24, 2.45) is 10.8 Å². The van der Waals surface area contributed by atoms with E-state index in [4.69, 9.17) is 16.3 Å². The van der Waals surface area contributed by atoms with E-state index < -0.39 is 22.7 Å². The summed E-state index contributed by atoms with van der Waals surface area (Å²) < 4.78 is 46.1. The zero-order chi connectivity index (χ0) is 25.9. The topological polar surface area (TPSA) is 67.7 Å². The molecule has 3 aliphatic rings.